The Kier molecular flexibility index (Phi) is 4.98. The zero-order valence-electron chi connectivity index (χ0n) is 9.68. The van der Waals surface area contributed by atoms with Crippen LogP contribution in [0.4, 0.5) is 5.69 Å². The number of nitrogens with zero attached hydrogens (tertiary/aromatic N) is 1. The number of rotatable bonds is 3. The van der Waals surface area contributed by atoms with Crippen molar-refractivity contribution in [3.05, 3.63) is 48.5 Å². The van der Waals surface area contributed by atoms with Gasteiger partial charge in [0, 0.05) is 5.02 Å². The van der Waals surface area contributed by atoms with Gasteiger partial charge >= 0.3 is 0 Å². The van der Waals surface area contributed by atoms with Crippen molar-refractivity contribution in [1.29, 1.82) is 0 Å². The molecule has 0 aliphatic rings. The molecule has 1 N–H and O–H groups in total. The first-order chi connectivity index (χ1) is 8.97. The van der Waals surface area contributed by atoms with Crippen LogP contribution in [0.1, 0.15) is 11.8 Å². The van der Waals surface area contributed by atoms with Gasteiger partial charge in [-0.1, -0.05) is 46.4 Å². The average molecular weight is 354 g/mol. The molecule has 0 radical (unpaired) electrons. The minimum Gasteiger partial charge on any atom is -0.275 e. The van der Waals surface area contributed by atoms with E-state index >= 15 is 0 Å². The minimum atomic E-state index is 0.415. The molecule has 1 heterocycles. The highest BCUT2D eigenvalue weighted by Gasteiger charge is 2.08. The summed E-state index contributed by atoms with van der Waals surface area (Å²) in [7, 11) is 0. The molecule has 2 aromatic rings. The highest BCUT2D eigenvalue weighted by atomic mass is 35.5. The molecule has 19 heavy (non-hydrogen) atoms. The smallest absolute Gasteiger partial charge is 0.0935 e. The number of benzene rings is 1. The molecule has 0 spiro atoms. The number of anilines is 1. The Morgan fingerprint density at radius 1 is 1.11 bits per heavy atom. The van der Waals surface area contributed by atoms with E-state index in [0.717, 1.165) is 10.6 Å². The van der Waals surface area contributed by atoms with E-state index in [9.17, 15) is 0 Å². The second-order valence-electron chi connectivity index (χ2n) is 3.66. The van der Waals surface area contributed by atoms with Gasteiger partial charge in [-0.15, -0.1) is 11.3 Å². The fourth-order valence-corrected chi connectivity index (χ4v) is 3.24. The second kappa shape index (κ2) is 6.33. The molecule has 1 aromatic carbocycles. The van der Waals surface area contributed by atoms with E-state index in [1.165, 1.54) is 11.3 Å². The Hall–Kier alpha value is -0.450. The Balaban J connectivity index is 2.23. The van der Waals surface area contributed by atoms with Crippen molar-refractivity contribution in [2.45, 2.75) is 6.92 Å². The quantitative estimate of drug-likeness (QED) is 0.515. The molecule has 2 rings (SSSR count). The number of hydrogen-bond donors (Lipinski definition) is 1. The van der Waals surface area contributed by atoms with Crippen LogP contribution in [0.2, 0.25) is 19.4 Å². The fourth-order valence-electron chi connectivity index (χ4n) is 1.35. The van der Waals surface area contributed by atoms with Crippen LogP contribution in [0.25, 0.3) is 0 Å². The molecule has 100 valence electrons. The SMILES string of the molecule is C/C(=N/Nc1c(Cl)cc(Cl)cc1Cl)c1ccc(Cl)s1. The summed E-state index contributed by atoms with van der Waals surface area (Å²) < 4.78 is 0.715. The van der Waals surface area contributed by atoms with Gasteiger partial charge in [-0.05, 0) is 31.2 Å². The van der Waals surface area contributed by atoms with Gasteiger partial charge in [0.25, 0.3) is 0 Å². The van der Waals surface area contributed by atoms with Crippen LogP contribution in [-0.4, -0.2) is 5.71 Å². The van der Waals surface area contributed by atoms with E-state index in [0.29, 0.717) is 25.1 Å². The Bertz CT molecular complexity index is 613. The summed E-state index contributed by atoms with van der Waals surface area (Å²) in [5.74, 6) is 0. The van der Waals surface area contributed by atoms with Gasteiger partial charge in [-0.2, -0.15) is 5.10 Å². The van der Waals surface area contributed by atoms with Crippen LogP contribution >= 0.6 is 57.7 Å². The largest absolute Gasteiger partial charge is 0.275 e. The maximum absolute atomic E-state index is 6.05. The summed E-state index contributed by atoms with van der Waals surface area (Å²) in [6.07, 6.45) is 0. The van der Waals surface area contributed by atoms with Crippen molar-refractivity contribution < 1.29 is 0 Å². The third-order valence-electron chi connectivity index (χ3n) is 2.27. The molecule has 0 atom stereocenters. The molecule has 0 aliphatic carbocycles. The van der Waals surface area contributed by atoms with Crippen molar-refractivity contribution >= 4 is 69.1 Å². The van der Waals surface area contributed by atoms with Crippen molar-refractivity contribution in [3.63, 3.8) is 0 Å². The van der Waals surface area contributed by atoms with Gasteiger partial charge < -0.3 is 0 Å². The summed E-state index contributed by atoms with van der Waals surface area (Å²) in [5, 5.41) is 5.54. The molecule has 0 unspecified atom stereocenters. The molecule has 0 saturated heterocycles. The summed E-state index contributed by atoms with van der Waals surface area (Å²) in [4.78, 5) is 0.971. The van der Waals surface area contributed by atoms with E-state index in [2.05, 4.69) is 10.5 Å². The number of nitrogens with one attached hydrogen (secondary N) is 1. The van der Waals surface area contributed by atoms with Crippen LogP contribution in [0.3, 0.4) is 0 Å². The van der Waals surface area contributed by atoms with E-state index in [1.807, 2.05) is 19.1 Å². The van der Waals surface area contributed by atoms with Gasteiger partial charge in [-0.25, -0.2) is 0 Å². The number of hydrogen-bond acceptors (Lipinski definition) is 3. The Morgan fingerprint density at radius 3 is 2.26 bits per heavy atom. The summed E-state index contributed by atoms with van der Waals surface area (Å²) in [6.45, 7) is 1.87. The lowest BCUT2D eigenvalue weighted by molar-refractivity contribution is 1.33. The van der Waals surface area contributed by atoms with Gasteiger partial charge in [0.05, 0.1) is 30.7 Å². The maximum atomic E-state index is 6.05. The summed E-state index contributed by atoms with van der Waals surface area (Å²) in [5.41, 5.74) is 4.16. The van der Waals surface area contributed by atoms with Crippen LogP contribution in [0.5, 0.6) is 0 Å². The van der Waals surface area contributed by atoms with Gasteiger partial charge in [0.2, 0.25) is 0 Å². The maximum Gasteiger partial charge on any atom is 0.0935 e. The van der Waals surface area contributed by atoms with Crippen LogP contribution in [0, 0.1) is 0 Å². The van der Waals surface area contributed by atoms with Crippen molar-refractivity contribution in [3.8, 4) is 0 Å². The van der Waals surface area contributed by atoms with E-state index in [-0.39, 0.29) is 0 Å². The van der Waals surface area contributed by atoms with Gasteiger partial charge in [-0.3, -0.25) is 5.43 Å². The highest BCUT2D eigenvalue weighted by Crippen LogP contribution is 2.33. The molecule has 1 aromatic heterocycles. The monoisotopic (exact) mass is 352 g/mol. The lowest BCUT2D eigenvalue weighted by atomic mass is 10.3. The highest BCUT2D eigenvalue weighted by molar-refractivity contribution is 7.18. The molecule has 0 bridgehead atoms. The number of thiophene rings is 1. The zero-order valence-corrected chi connectivity index (χ0v) is 13.5. The molecular formula is C12H8Cl4N2S. The standard InChI is InChI=1S/C12H8Cl4N2S/c1-6(10-2-3-11(16)19-10)17-18-12-8(14)4-7(13)5-9(12)15/h2-5,18H,1H3/b17-6-. The number of hydrazone groups is 1. The van der Waals surface area contributed by atoms with E-state index < -0.39 is 0 Å². The predicted octanol–water partition coefficient (Wildman–Crippen LogP) is 6.20. The topological polar surface area (TPSA) is 24.4 Å². The van der Waals surface area contributed by atoms with E-state index in [1.54, 1.807) is 12.1 Å². The first kappa shape index (κ1) is 14.9. The average Bonchev–Trinajstić information content (AvgIpc) is 2.74. The van der Waals surface area contributed by atoms with Crippen molar-refractivity contribution in [2.75, 3.05) is 5.43 Å². The lowest BCUT2D eigenvalue weighted by Gasteiger charge is -2.07. The van der Waals surface area contributed by atoms with Crippen LogP contribution in [0.15, 0.2) is 29.4 Å². The lowest BCUT2D eigenvalue weighted by Crippen LogP contribution is -1.98. The second-order valence-corrected chi connectivity index (χ2v) is 6.62. The van der Waals surface area contributed by atoms with Gasteiger partial charge in [0.1, 0.15) is 0 Å². The normalized spacial score (nSPS) is 11.7. The Labute approximate surface area is 134 Å². The minimum absolute atomic E-state index is 0.415. The van der Waals surface area contributed by atoms with Crippen molar-refractivity contribution in [1.82, 2.24) is 0 Å². The van der Waals surface area contributed by atoms with E-state index in [4.69, 9.17) is 46.4 Å². The Morgan fingerprint density at radius 2 is 1.74 bits per heavy atom. The summed E-state index contributed by atoms with van der Waals surface area (Å²) >= 11 is 25.3. The zero-order chi connectivity index (χ0) is 14.0. The molecule has 2 nitrogen and oxygen atoms in total. The molecule has 7 heteroatoms. The van der Waals surface area contributed by atoms with Crippen molar-refractivity contribution in [2.24, 2.45) is 5.10 Å². The number of halogens is 4. The van der Waals surface area contributed by atoms with Crippen LogP contribution in [-0.2, 0) is 0 Å². The summed E-state index contributed by atoms with van der Waals surface area (Å²) in [6, 6.07) is 6.93. The van der Waals surface area contributed by atoms with Crippen LogP contribution < -0.4 is 5.43 Å². The van der Waals surface area contributed by atoms with Gasteiger partial charge in [0.15, 0.2) is 0 Å². The third kappa shape index (κ3) is 3.77. The molecule has 0 fully saturated rings. The third-order valence-corrected chi connectivity index (χ3v) is 4.43. The first-order valence-electron chi connectivity index (χ1n) is 5.18. The fraction of sp³-hybridized carbons (Fsp3) is 0.0833. The molecule has 0 amide bonds. The molecule has 0 aliphatic heterocycles. The molecule has 0 saturated carbocycles. The first-order valence-corrected chi connectivity index (χ1v) is 7.51. The predicted molar refractivity (Wildman–Crippen MR) is 86.6 cm³/mol. The molecular weight excluding hydrogens is 346 g/mol.